The first kappa shape index (κ1) is 23.6. The molecular weight excluding hydrogens is 332 g/mol. The van der Waals surface area contributed by atoms with E-state index in [0.29, 0.717) is 6.61 Å². The van der Waals surface area contributed by atoms with Crippen molar-refractivity contribution in [1.82, 2.24) is 0 Å². The molecule has 3 N–H and O–H groups in total. The summed E-state index contributed by atoms with van der Waals surface area (Å²) in [6, 6.07) is 0. The van der Waals surface area contributed by atoms with Gasteiger partial charge in [-0.1, -0.05) is 70.4 Å². The topological polar surface area (TPSA) is 79.2 Å². The van der Waals surface area contributed by atoms with Gasteiger partial charge in [0.05, 0.1) is 19.8 Å². The quantitative estimate of drug-likeness (QED) is 0.286. The van der Waals surface area contributed by atoms with Crippen molar-refractivity contribution in [2.24, 2.45) is 0 Å². The van der Waals surface area contributed by atoms with Crippen LogP contribution in [0.3, 0.4) is 0 Å². The van der Waals surface area contributed by atoms with E-state index in [1.165, 1.54) is 57.8 Å². The minimum Gasteiger partial charge on any atom is -0.394 e. The molecule has 0 aromatic rings. The van der Waals surface area contributed by atoms with E-state index in [0.717, 1.165) is 12.8 Å². The summed E-state index contributed by atoms with van der Waals surface area (Å²) in [5.74, 6) is 0. The summed E-state index contributed by atoms with van der Waals surface area (Å²) in [6.45, 7) is 2.48. The standard InChI is InChI=1S/C21H40O5/c1-2-3-4-5-6-7-8-9-10-11-12-13-14-15-25-21-19(24)17-26-20(21)18(23)16-22/h12-13,18-24H,2-11,14-17H2,1H3/b13-12+/t18-,19+,20+,21+/m1/s1. The number of aliphatic hydroxyl groups excluding tert-OH is 3. The van der Waals surface area contributed by atoms with E-state index in [1.807, 2.05) is 0 Å². The van der Waals surface area contributed by atoms with Crippen LogP contribution in [-0.4, -0.2) is 59.6 Å². The molecule has 154 valence electrons. The van der Waals surface area contributed by atoms with Crippen molar-refractivity contribution >= 4 is 0 Å². The molecular formula is C21H40O5. The van der Waals surface area contributed by atoms with E-state index in [1.54, 1.807) is 0 Å². The number of hydrogen-bond donors (Lipinski definition) is 3. The minimum atomic E-state index is -1.01. The summed E-state index contributed by atoms with van der Waals surface area (Å²) in [5, 5.41) is 28.5. The zero-order valence-corrected chi connectivity index (χ0v) is 16.5. The maximum absolute atomic E-state index is 9.85. The second kappa shape index (κ2) is 15.6. The molecule has 0 aliphatic carbocycles. The normalized spacial score (nSPS) is 24.5. The van der Waals surface area contributed by atoms with Gasteiger partial charge < -0.3 is 24.8 Å². The van der Waals surface area contributed by atoms with Crippen LogP contribution >= 0.6 is 0 Å². The SMILES string of the molecule is CCCCCCCCCCC/C=C/CCO[C@@H]1[C@H]([C@H](O)CO)OC[C@@H]1O. The van der Waals surface area contributed by atoms with E-state index in [4.69, 9.17) is 14.6 Å². The van der Waals surface area contributed by atoms with Gasteiger partial charge in [0.15, 0.2) is 0 Å². The van der Waals surface area contributed by atoms with Crippen molar-refractivity contribution in [3.8, 4) is 0 Å². The predicted molar refractivity (Wildman–Crippen MR) is 104 cm³/mol. The molecule has 5 heteroatoms. The lowest BCUT2D eigenvalue weighted by molar-refractivity contribution is -0.0924. The first-order valence-corrected chi connectivity index (χ1v) is 10.6. The van der Waals surface area contributed by atoms with Crippen molar-refractivity contribution in [2.75, 3.05) is 19.8 Å². The van der Waals surface area contributed by atoms with Gasteiger partial charge in [-0.15, -0.1) is 0 Å². The molecule has 0 unspecified atom stereocenters. The van der Waals surface area contributed by atoms with Crippen LogP contribution in [0.2, 0.25) is 0 Å². The highest BCUT2D eigenvalue weighted by Gasteiger charge is 2.40. The van der Waals surface area contributed by atoms with Gasteiger partial charge in [0.1, 0.15) is 24.4 Å². The zero-order valence-electron chi connectivity index (χ0n) is 16.5. The van der Waals surface area contributed by atoms with E-state index in [-0.39, 0.29) is 6.61 Å². The molecule has 5 nitrogen and oxygen atoms in total. The van der Waals surface area contributed by atoms with Crippen molar-refractivity contribution < 1.29 is 24.8 Å². The fourth-order valence-electron chi connectivity index (χ4n) is 3.34. The highest BCUT2D eigenvalue weighted by atomic mass is 16.6. The van der Waals surface area contributed by atoms with Gasteiger partial charge >= 0.3 is 0 Å². The van der Waals surface area contributed by atoms with E-state index in [9.17, 15) is 10.2 Å². The predicted octanol–water partition coefficient (Wildman–Crippen LogP) is 3.35. The molecule has 1 aliphatic heterocycles. The Morgan fingerprint density at radius 2 is 1.62 bits per heavy atom. The largest absolute Gasteiger partial charge is 0.394 e. The van der Waals surface area contributed by atoms with Crippen LogP contribution in [0.5, 0.6) is 0 Å². The molecule has 1 aliphatic rings. The van der Waals surface area contributed by atoms with Crippen molar-refractivity contribution in [1.29, 1.82) is 0 Å². The van der Waals surface area contributed by atoms with Crippen LogP contribution in [-0.2, 0) is 9.47 Å². The second-order valence-corrected chi connectivity index (χ2v) is 7.33. The first-order chi connectivity index (χ1) is 12.7. The molecule has 0 amide bonds. The summed E-state index contributed by atoms with van der Waals surface area (Å²) in [4.78, 5) is 0. The molecule has 0 aromatic heterocycles. The third-order valence-corrected chi connectivity index (χ3v) is 4.96. The number of unbranched alkanes of at least 4 members (excludes halogenated alkanes) is 9. The van der Waals surface area contributed by atoms with Gasteiger partial charge in [-0.25, -0.2) is 0 Å². The highest BCUT2D eigenvalue weighted by Crippen LogP contribution is 2.21. The summed E-state index contributed by atoms with van der Waals surface area (Å²) in [5.41, 5.74) is 0. The fourth-order valence-corrected chi connectivity index (χ4v) is 3.34. The van der Waals surface area contributed by atoms with Gasteiger partial charge in [0.25, 0.3) is 0 Å². The van der Waals surface area contributed by atoms with Crippen molar-refractivity contribution in [3.63, 3.8) is 0 Å². The van der Waals surface area contributed by atoms with Crippen LogP contribution in [0.15, 0.2) is 12.2 Å². The minimum absolute atomic E-state index is 0.140. The Morgan fingerprint density at radius 3 is 2.27 bits per heavy atom. The summed E-state index contributed by atoms with van der Waals surface area (Å²) in [7, 11) is 0. The fraction of sp³-hybridized carbons (Fsp3) is 0.905. The Morgan fingerprint density at radius 1 is 1.00 bits per heavy atom. The summed E-state index contributed by atoms with van der Waals surface area (Å²) in [6.07, 6.45) is 15.4. The Bertz CT molecular complexity index is 347. The molecule has 0 aromatic carbocycles. The monoisotopic (exact) mass is 372 g/mol. The number of rotatable bonds is 16. The lowest BCUT2D eigenvalue weighted by Crippen LogP contribution is -2.42. The lowest BCUT2D eigenvalue weighted by atomic mass is 10.1. The Kier molecular flexibility index (Phi) is 14.1. The highest BCUT2D eigenvalue weighted by molar-refractivity contribution is 4.89. The molecule has 1 heterocycles. The van der Waals surface area contributed by atoms with E-state index in [2.05, 4.69) is 19.1 Å². The van der Waals surface area contributed by atoms with Crippen LogP contribution in [0.25, 0.3) is 0 Å². The second-order valence-electron chi connectivity index (χ2n) is 7.33. The summed E-state index contributed by atoms with van der Waals surface area (Å²) >= 11 is 0. The van der Waals surface area contributed by atoms with Crippen molar-refractivity contribution in [2.45, 2.75) is 102 Å². The number of aliphatic hydroxyl groups is 3. The van der Waals surface area contributed by atoms with Gasteiger partial charge in [0, 0.05) is 0 Å². The smallest absolute Gasteiger partial charge is 0.114 e. The molecule has 4 atom stereocenters. The molecule has 0 bridgehead atoms. The first-order valence-electron chi connectivity index (χ1n) is 10.6. The molecule has 0 spiro atoms. The Hall–Kier alpha value is -0.460. The molecule has 26 heavy (non-hydrogen) atoms. The van der Waals surface area contributed by atoms with Gasteiger partial charge in [0.2, 0.25) is 0 Å². The third kappa shape index (κ3) is 10.0. The average molecular weight is 373 g/mol. The molecule has 1 fully saturated rings. The molecule has 1 rings (SSSR count). The van der Waals surface area contributed by atoms with Crippen LogP contribution < -0.4 is 0 Å². The maximum Gasteiger partial charge on any atom is 0.114 e. The summed E-state index contributed by atoms with van der Waals surface area (Å²) < 4.78 is 11.0. The number of hydrogen-bond acceptors (Lipinski definition) is 5. The van der Waals surface area contributed by atoms with E-state index < -0.39 is 31.0 Å². The van der Waals surface area contributed by atoms with Crippen LogP contribution in [0.4, 0.5) is 0 Å². The third-order valence-electron chi connectivity index (χ3n) is 4.96. The van der Waals surface area contributed by atoms with E-state index >= 15 is 0 Å². The average Bonchev–Trinajstić information content (AvgIpc) is 3.02. The Labute approximate surface area is 159 Å². The van der Waals surface area contributed by atoms with Crippen molar-refractivity contribution in [3.05, 3.63) is 12.2 Å². The van der Waals surface area contributed by atoms with Gasteiger partial charge in [-0.2, -0.15) is 0 Å². The number of ether oxygens (including phenoxy) is 2. The molecule has 0 saturated carbocycles. The van der Waals surface area contributed by atoms with Crippen LogP contribution in [0, 0.1) is 0 Å². The maximum atomic E-state index is 9.85. The number of allylic oxidation sites excluding steroid dienone is 1. The molecule has 0 radical (unpaired) electrons. The van der Waals surface area contributed by atoms with Crippen LogP contribution in [0.1, 0.15) is 77.6 Å². The lowest BCUT2D eigenvalue weighted by Gasteiger charge is -2.23. The van der Waals surface area contributed by atoms with Gasteiger partial charge in [-0.05, 0) is 19.3 Å². The Balaban J connectivity index is 1.96. The van der Waals surface area contributed by atoms with Gasteiger partial charge in [-0.3, -0.25) is 0 Å². The molecule has 1 saturated heterocycles. The zero-order chi connectivity index (χ0) is 19.0.